The van der Waals surface area contributed by atoms with Crippen molar-refractivity contribution in [1.29, 1.82) is 0 Å². The Labute approximate surface area is 204 Å². The zero-order valence-electron chi connectivity index (χ0n) is 19.2. The fraction of sp³-hybridized carbons (Fsp3) is 0.115. The lowest BCUT2D eigenvalue weighted by Gasteiger charge is -2.13. The molecule has 10 heteroatoms. The minimum Gasteiger partial charge on any atom is -0.322 e. The lowest BCUT2D eigenvalue weighted by Crippen LogP contribution is -2.15. The summed E-state index contributed by atoms with van der Waals surface area (Å²) in [5.74, 6) is -0.550. The average Bonchev–Trinajstić information content (AvgIpc) is 2.84. The molecule has 4 aromatic rings. The van der Waals surface area contributed by atoms with Crippen LogP contribution in [0.25, 0.3) is 22.4 Å². The first-order valence-electron chi connectivity index (χ1n) is 10.8. The Bertz CT molecular complexity index is 1450. The van der Waals surface area contributed by atoms with Crippen molar-refractivity contribution in [3.05, 3.63) is 90.0 Å². The number of hydrogen-bond acceptors (Lipinski definition) is 5. The first kappa shape index (κ1) is 24.5. The van der Waals surface area contributed by atoms with Crippen molar-refractivity contribution < 1.29 is 22.8 Å². The molecular weight excluding hydrogens is 471 g/mol. The monoisotopic (exact) mass is 491 g/mol. The van der Waals surface area contributed by atoms with E-state index in [0.29, 0.717) is 23.3 Å². The molecule has 0 aliphatic heterocycles. The van der Waals surface area contributed by atoms with E-state index in [-0.39, 0.29) is 11.5 Å². The molecule has 0 bridgehead atoms. The van der Waals surface area contributed by atoms with Crippen LogP contribution < -0.4 is 10.6 Å². The van der Waals surface area contributed by atoms with Gasteiger partial charge in [-0.05, 0) is 53.9 Å². The smallest absolute Gasteiger partial charge is 0.322 e. The second-order valence-electron chi connectivity index (χ2n) is 7.96. The van der Waals surface area contributed by atoms with Gasteiger partial charge in [0.1, 0.15) is 17.8 Å². The molecule has 0 spiro atoms. The number of hydrogen-bond donors (Lipinski definition) is 2. The number of benzene rings is 2. The zero-order valence-corrected chi connectivity index (χ0v) is 19.2. The standard InChI is InChI=1S/C26H20F3N5O2/c1-15-6-7-20(34-25(36)19-8-9-30-23(11-19)26(27,28)29)12-21(15)17-4-3-5-18(10-17)22-13-24(32-14-31-22)33-16(2)35/h3-14H,1-2H3,(H,34,36)(H,31,32,33,35). The molecule has 0 saturated heterocycles. The van der Waals surface area contributed by atoms with Crippen molar-refractivity contribution in [2.75, 3.05) is 10.6 Å². The van der Waals surface area contributed by atoms with Crippen LogP contribution in [0.15, 0.2) is 73.2 Å². The Morgan fingerprint density at radius 1 is 0.861 bits per heavy atom. The predicted octanol–water partition coefficient (Wildman–Crippen LogP) is 5.74. The van der Waals surface area contributed by atoms with Gasteiger partial charge < -0.3 is 10.6 Å². The van der Waals surface area contributed by atoms with Gasteiger partial charge in [0.2, 0.25) is 5.91 Å². The van der Waals surface area contributed by atoms with Gasteiger partial charge in [0, 0.05) is 36.0 Å². The summed E-state index contributed by atoms with van der Waals surface area (Å²) in [6.45, 7) is 3.30. The molecule has 2 heterocycles. The minimum atomic E-state index is -4.65. The van der Waals surface area contributed by atoms with E-state index in [0.717, 1.165) is 28.5 Å². The lowest BCUT2D eigenvalue weighted by molar-refractivity contribution is -0.141. The molecule has 0 unspecified atom stereocenters. The molecular formula is C26H20F3N5O2. The SMILES string of the molecule is CC(=O)Nc1cc(-c2cccc(-c3cc(NC(=O)c4ccnc(C(F)(F)F)c4)ccc3C)c2)ncn1. The number of halogens is 3. The summed E-state index contributed by atoms with van der Waals surface area (Å²) in [6.07, 6.45) is -2.34. The quantitative estimate of drug-likeness (QED) is 0.371. The maximum atomic E-state index is 13.0. The molecule has 0 aliphatic carbocycles. The van der Waals surface area contributed by atoms with Crippen LogP contribution in [0.3, 0.4) is 0 Å². The number of aryl methyl sites for hydroxylation is 1. The third-order valence-electron chi connectivity index (χ3n) is 5.25. The van der Waals surface area contributed by atoms with Crippen LogP contribution in [0.2, 0.25) is 0 Å². The third-order valence-corrected chi connectivity index (χ3v) is 5.25. The van der Waals surface area contributed by atoms with Gasteiger partial charge in [-0.2, -0.15) is 13.2 Å². The van der Waals surface area contributed by atoms with Crippen LogP contribution in [0, 0.1) is 6.92 Å². The van der Waals surface area contributed by atoms with Crippen molar-refractivity contribution in [3.63, 3.8) is 0 Å². The van der Waals surface area contributed by atoms with Gasteiger partial charge in [-0.3, -0.25) is 14.6 Å². The number of alkyl halides is 3. The molecule has 36 heavy (non-hydrogen) atoms. The van der Waals surface area contributed by atoms with Gasteiger partial charge in [-0.15, -0.1) is 0 Å². The number of nitrogens with one attached hydrogen (secondary N) is 2. The first-order valence-corrected chi connectivity index (χ1v) is 10.8. The molecule has 0 radical (unpaired) electrons. The van der Waals surface area contributed by atoms with Gasteiger partial charge in [-0.1, -0.05) is 24.3 Å². The van der Waals surface area contributed by atoms with E-state index in [1.54, 1.807) is 18.2 Å². The van der Waals surface area contributed by atoms with E-state index < -0.39 is 17.8 Å². The van der Waals surface area contributed by atoms with E-state index in [4.69, 9.17) is 0 Å². The normalized spacial score (nSPS) is 11.1. The third kappa shape index (κ3) is 5.72. The fourth-order valence-corrected chi connectivity index (χ4v) is 3.55. The highest BCUT2D eigenvalue weighted by Gasteiger charge is 2.33. The molecule has 4 rings (SSSR count). The number of amides is 2. The van der Waals surface area contributed by atoms with Crippen LogP contribution in [0.5, 0.6) is 0 Å². The number of carbonyl (C=O) groups excluding carboxylic acids is 2. The van der Waals surface area contributed by atoms with Gasteiger partial charge in [0.15, 0.2) is 0 Å². The number of carbonyl (C=O) groups is 2. The second kappa shape index (κ2) is 9.95. The summed E-state index contributed by atoms with van der Waals surface area (Å²) >= 11 is 0. The highest BCUT2D eigenvalue weighted by atomic mass is 19.4. The first-order chi connectivity index (χ1) is 17.1. The van der Waals surface area contributed by atoms with Gasteiger partial charge >= 0.3 is 6.18 Å². The topological polar surface area (TPSA) is 96.9 Å². The number of nitrogens with zero attached hydrogens (tertiary/aromatic N) is 3. The van der Waals surface area contributed by atoms with Gasteiger partial charge in [-0.25, -0.2) is 9.97 Å². The number of pyridine rings is 1. The summed E-state index contributed by atoms with van der Waals surface area (Å²) in [5.41, 5.74) is 3.10. The summed E-state index contributed by atoms with van der Waals surface area (Å²) < 4.78 is 38.9. The van der Waals surface area contributed by atoms with Crippen LogP contribution in [-0.4, -0.2) is 26.8 Å². The Balaban J connectivity index is 1.62. The maximum Gasteiger partial charge on any atom is 0.433 e. The van der Waals surface area contributed by atoms with Crippen molar-refractivity contribution >= 4 is 23.3 Å². The zero-order chi connectivity index (χ0) is 25.9. The highest BCUT2D eigenvalue weighted by Crippen LogP contribution is 2.31. The summed E-state index contributed by atoms with van der Waals surface area (Å²) in [5, 5.41) is 5.28. The molecule has 0 aliphatic rings. The Kier molecular flexibility index (Phi) is 6.77. The van der Waals surface area contributed by atoms with Crippen molar-refractivity contribution in [2.24, 2.45) is 0 Å². The molecule has 2 aromatic heterocycles. The van der Waals surface area contributed by atoms with Crippen LogP contribution in [0.1, 0.15) is 28.5 Å². The maximum absolute atomic E-state index is 13.0. The van der Waals surface area contributed by atoms with E-state index >= 15 is 0 Å². The Morgan fingerprint density at radius 3 is 2.39 bits per heavy atom. The van der Waals surface area contributed by atoms with Crippen LogP contribution >= 0.6 is 0 Å². The molecule has 182 valence electrons. The van der Waals surface area contributed by atoms with Crippen molar-refractivity contribution in [2.45, 2.75) is 20.0 Å². The number of rotatable bonds is 5. The number of aromatic nitrogens is 3. The van der Waals surface area contributed by atoms with Crippen LogP contribution in [-0.2, 0) is 11.0 Å². The van der Waals surface area contributed by atoms with E-state index in [2.05, 4.69) is 25.6 Å². The molecule has 0 fully saturated rings. The van der Waals surface area contributed by atoms with E-state index in [1.165, 1.54) is 19.3 Å². The second-order valence-corrected chi connectivity index (χ2v) is 7.96. The summed E-state index contributed by atoms with van der Waals surface area (Å²) in [7, 11) is 0. The Morgan fingerprint density at radius 2 is 1.64 bits per heavy atom. The fourth-order valence-electron chi connectivity index (χ4n) is 3.55. The summed E-state index contributed by atoms with van der Waals surface area (Å²) in [4.78, 5) is 35.6. The number of anilines is 2. The summed E-state index contributed by atoms with van der Waals surface area (Å²) in [6, 6.07) is 16.4. The van der Waals surface area contributed by atoms with E-state index in [1.807, 2.05) is 37.3 Å². The van der Waals surface area contributed by atoms with Crippen molar-refractivity contribution in [1.82, 2.24) is 15.0 Å². The van der Waals surface area contributed by atoms with Crippen LogP contribution in [0.4, 0.5) is 24.7 Å². The molecule has 0 atom stereocenters. The Hall–Kier alpha value is -4.60. The largest absolute Gasteiger partial charge is 0.433 e. The van der Waals surface area contributed by atoms with Gasteiger partial charge in [0.25, 0.3) is 5.91 Å². The minimum absolute atomic E-state index is 0.153. The highest BCUT2D eigenvalue weighted by molar-refractivity contribution is 6.04. The lowest BCUT2D eigenvalue weighted by atomic mass is 9.97. The van der Waals surface area contributed by atoms with Crippen molar-refractivity contribution in [3.8, 4) is 22.4 Å². The molecule has 2 aromatic carbocycles. The predicted molar refractivity (Wildman–Crippen MR) is 129 cm³/mol. The molecule has 2 amide bonds. The molecule has 2 N–H and O–H groups in total. The molecule has 0 saturated carbocycles. The average molecular weight is 491 g/mol. The molecule has 7 nitrogen and oxygen atoms in total. The van der Waals surface area contributed by atoms with Gasteiger partial charge in [0.05, 0.1) is 5.69 Å². The van der Waals surface area contributed by atoms with E-state index in [9.17, 15) is 22.8 Å².